The monoisotopic (exact) mass is 216 g/mol. The molecule has 16 heavy (non-hydrogen) atoms. The number of fused-ring (bicyclic) bond motifs is 1. The Labute approximate surface area is 95.6 Å². The van der Waals surface area contributed by atoms with Gasteiger partial charge in [-0.2, -0.15) is 0 Å². The van der Waals surface area contributed by atoms with Gasteiger partial charge in [-0.1, -0.05) is 36.4 Å². The smallest absolute Gasteiger partial charge is 0.314 e. The Hall–Kier alpha value is -1.57. The van der Waals surface area contributed by atoms with E-state index in [0.717, 1.165) is 12.0 Å². The van der Waals surface area contributed by atoms with Crippen molar-refractivity contribution in [2.24, 2.45) is 0 Å². The number of allylic oxidation sites excluding steroid dienone is 2. The third-order valence-electron chi connectivity index (χ3n) is 3.47. The number of carbonyl (C=O) groups is 1. The predicted octanol–water partition coefficient (Wildman–Crippen LogP) is 2.92. The minimum absolute atomic E-state index is 0.593. The van der Waals surface area contributed by atoms with E-state index >= 15 is 0 Å². The van der Waals surface area contributed by atoms with Gasteiger partial charge < -0.3 is 5.11 Å². The second-order valence-corrected chi connectivity index (χ2v) is 4.32. The fourth-order valence-corrected chi connectivity index (χ4v) is 2.53. The Balaban J connectivity index is 2.47. The molecule has 0 spiro atoms. The predicted molar refractivity (Wildman–Crippen MR) is 63.5 cm³/mol. The van der Waals surface area contributed by atoms with Gasteiger partial charge in [0, 0.05) is 0 Å². The van der Waals surface area contributed by atoms with Gasteiger partial charge in [0.15, 0.2) is 0 Å². The summed E-state index contributed by atoms with van der Waals surface area (Å²) in [5.74, 6) is -0.699. The van der Waals surface area contributed by atoms with Crippen molar-refractivity contribution in [3.8, 4) is 0 Å². The van der Waals surface area contributed by atoms with Gasteiger partial charge in [0.05, 0.1) is 5.41 Å². The molecule has 0 aromatic heterocycles. The van der Waals surface area contributed by atoms with Gasteiger partial charge in [0.1, 0.15) is 0 Å². The molecular formula is C14H16O2. The van der Waals surface area contributed by atoms with E-state index in [9.17, 15) is 9.90 Å². The minimum atomic E-state index is -0.699. The lowest BCUT2D eigenvalue weighted by molar-refractivity contribution is -0.143. The lowest BCUT2D eigenvalue weighted by Crippen LogP contribution is -2.32. The Morgan fingerprint density at radius 3 is 2.94 bits per heavy atom. The average Bonchev–Trinajstić information content (AvgIpc) is 2.67. The summed E-state index contributed by atoms with van der Waals surface area (Å²) in [5, 5.41) is 9.50. The molecule has 2 heteroatoms. The molecule has 0 amide bonds. The van der Waals surface area contributed by atoms with Crippen molar-refractivity contribution in [3.05, 3.63) is 47.5 Å². The highest BCUT2D eigenvalue weighted by Crippen LogP contribution is 2.42. The van der Waals surface area contributed by atoms with E-state index in [2.05, 4.69) is 0 Å². The van der Waals surface area contributed by atoms with Crippen molar-refractivity contribution in [2.75, 3.05) is 0 Å². The second kappa shape index (κ2) is 4.12. The molecule has 0 aliphatic heterocycles. The number of aliphatic carboxylic acids is 1. The standard InChI is InChI=1S/C14H16O2/c1-2-3-9-14(13(15)16)10-8-11-6-4-5-7-12(11)14/h2-7H,8-10H2,1H3,(H,15,16). The molecule has 0 bridgehead atoms. The maximum absolute atomic E-state index is 11.6. The third-order valence-corrected chi connectivity index (χ3v) is 3.47. The molecule has 1 N–H and O–H groups in total. The van der Waals surface area contributed by atoms with Crippen LogP contribution in [0, 0.1) is 0 Å². The van der Waals surface area contributed by atoms with Gasteiger partial charge in [0.2, 0.25) is 0 Å². The molecule has 0 fully saturated rings. The van der Waals surface area contributed by atoms with Crippen molar-refractivity contribution in [2.45, 2.75) is 31.6 Å². The number of carboxylic acids is 1. The summed E-state index contributed by atoms with van der Waals surface area (Å²) in [6, 6.07) is 7.90. The van der Waals surface area contributed by atoms with E-state index in [1.807, 2.05) is 43.3 Å². The zero-order valence-electron chi connectivity index (χ0n) is 9.44. The van der Waals surface area contributed by atoms with Crippen LogP contribution >= 0.6 is 0 Å². The summed E-state index contributed by atoms with van der Waals surface area (Å²) >= 11 is 0. The lowest BCUT2D eigenvalue weighted by Gasteiger charge is -2.23. The SMILES string of the molecule is CC=CCC1(C(=O)O)CCc2ccccc21. The first-order chi connectivity index (χ1) is 7.70. The average molecular weight is 216 g/mol. The van der Waals surface area contributed by atoms with Crippen LogP contribution in [0.1, 0.15) is 30.9 Å². The fourth-order valence-electron chi connectivity index (χ4n) is 2.53. The summed E-state index contributed by atoms with van der Waals surface area (Å²) in [5.41, 5.74) is 1.50. The Kier molecular flexibility index (Phi) is 2.82. The minimum Gasteiger partial charge on any atom is -0.481 e. The summed E-state index contributed by atoms with van der Waals surface area (Å²) in [6.45, 7) is 1.93. The number of hydrogen-bond donors (Lipinski definition) is 1. The molecule has 1 unspecified atom stereocenters. The second-order valence-electron chi connectivity index (χ2n) is 4.32. The van der Waals surface area contributed by atoms with Gasteiger partial charge in [-0.05, 0) is 37.3 Å². The van der Waals surface area contributed by atoms with Gasteiger partial charge >= 0.3 is 5.97 Å². The molecule has 0 heterocycles. The first-order valence-electron chi connectivity index (χ1n) is 5.63. The van der Waals surface area contributed by atoms with Crippen LogP contribution in [-0.2, 0) is 16.6 Å². The molecule has 2 nitrogen and oxygen atoms in total. The molecule has 84 valence electrons. The quantitative estimate of drug-likeness (QED) is 0.789. The largest absolute Gasteiger partial charge is 0.481 e. The molecular weight excluding hydrogens is 200 g/mol. The number of carboxylic acid groups (broad SMARTS) is 1. The van der Waals surface area contributed by atoms with Crippen LogP contribution in [0.2, 0.25) is 0 Å². The van der Waals surface area contributed by atoms with Crippen molar-refractivity contribution < 1.29 is 9.90 Å². The number of rotatable bonds is 3. The van der Waals surface area contributed by atoms with Crippen LogP contribution in [0.4, 0.5) is 0 Å². The van der Waals surface area contributed by atoms with E-state index in [1.165, 1.54) is 5.56 Å². The van der Waals surface area contributed by atoms with Crippen molar-refractivity contribution in [1.29, 1.82) is 0 Å². The van der Waals surface area contributed by atoms with E-state index in [0.29, 0.717) is 12.8 Å². The number of aryl methyl sites for hydroxylation is 1. The maximum Gasteiger partial charge on any atom is 0.314 e. The normalized spacial score (nSPS) is 23.6. The van der Waals surface area contributed by atoms with E-state index in [4.69, 9.17) is 0 Å². The molecule has 0 saturated heterocycles. The Morgan fingerprint density at radius 2 is 2.25 bits per heavy atom. The molecule has 0 radical (unpaired) electrons. The summed E-state index contributed by atoms with van der Waals surface area (Å²) < 4.78 is 0. The Bertz CT molecular complexity index is 434. The van der Waals surface area contributed by atoms with Crippen LogP contribution in [-0.4, -0.2) is 11.1 Å². The zero-order chi connectivity index (χ0) is 11.6. The van der Waals surface area contributed by atoms with Crippen LogP contribution < -0.4 is 0 Å². The summed E-state index contributed by atoms with van der Waals surface area (Å²) in [4.78, 5) is 11.6. The number of hydrogen-bond acceptors (Lipinski definition) is 1. The van der Waals surface area contributed by atoms with Crippen molar-refractivity contribution >= 4 is 5.97 Å². The van der Waals surface area contributed by atoms with Crippen LogP contribution in [0.3, 0.4) is 0 Å². The zero-order valence-corrected chi connectivity index (χ0v) is 9.44. The Morgan fingerprint density at radius 1 is 1.50 bits per heavy atom. The van der Waals surface area contributed by atoms with E-state index in [1.54, 1.807) is 0 Å². The van der Waals surface area contributed by atoms with Gasteiger partial charge in [-0.25, -0.2) is 0 Å². The van der Waals surface area contributed by atoms with Crippen LogP contribution in [0.25, 0.3) is 0 Å². The van der Waals surface area contributed by atoms with Gasteiger partial charge in [-0.15, -0.1) is 0 Å². The summed E-state index contributed by atoms with van der Waals surface area (Å²) in [7, 11) is 0. The molecule has 2 rings (SSSR count). The molecule has 1 aliphatic rings. The third kappa shape index (κ3) is 1.54. The van der Waals surface area contributed by atoms with Crippen molar-refractivity contribution in [1.82, 2.24) is 0 Å². The molecule has 1 aromatic carbocycles. The molecule has 1 aromatic rings. The lowest BCUT2D eigenvalue weighted by atomic mass is 9.79. The molecule has 1 atom stereocenters. The highest BCUT2D eigenvalue weighted by molar-refractivity contribution is 5.83. The molecule has 0 saturated carbocycles. The maximum atomic E-state index is 11.6. The summed E-state index contributed by atoms with van der Waals surface area (Å²) in [6.07, 6.45) is 6.06. The van der Waals surface area contributed by atoms with Crippen molar-refractivity contribution in [3.63, 3.8) is 0 Å². The first-order valence-corrected chi connectivity index (χ1v) is 5.63. The first kappa shape index (κ1) is 10.9. The topological polar surface area (TPSA) is 37.3 Å². The fraction of sp³-hybridized carbons (Fsp3) is 0.357. The number of benzene rings is 1. The van der Waals surface area contributed by atoms with Gasteiger partial charge in [0.25, 0.3) is 0 Å². The highest BCUT2D eigenvalue weighted by atomic mass is 16.4. The molecule has 1 aliphatic carbocycles. The van der Waals surface area contributed by atoms with E-state index < -0.39 is 11.4 Å². The highest BCUT2D eigenvalue weighted by Gasteiger charge is 2.44. The van der Waals surface area contributed by atoms with Crippen LogP contribution in [0.5, 0.6) is 0 Å². The van der Waals surface area contributed by atoms with Gasteiger partial charge in [-0.3, -0.25) is 4.79 Å². The van der Waals surface area contributed by atoms with E-state index in [-0.39, 0.29) is 0 Å². The van der Waals surface area contributed by atoms with Crippen LogP contribution in [0.15, 0.2) is 36.4 Å².